The molecule has 0 fully saturated rings. The highest BCUT2D eigenvalue weighted by atomic mass is 35.6. The van der Waals surface area contributed by atoms with Crippen LogP contribution >= 0.6 is 34.8 Å². The Labute approximate surface area is 156 Å². The molecule has 0 amide bonds. The number of alkyl halides is 3. The second kappa shape index (κ2) is 8.63. The number of carbonyl (C=O) groups is 2. The van der Waals surface area contributed by atoms with Gasteiger partial charge in [-0.25, -0.2) is 0 Å². The highest BCUT2D eigenvalue weighted by molar-refractivity contribution is 6.77. The van der Waals surface area contributed by atoms with E-state index < -0.39 is 15.2 Å². The number of rotatable bonds is 3. The van der Waals surface area contributed by atoms with Crippen molar-refractivity contribution in [3.8, 4) is 0 Å². The number of aliphatic hydroxyl groups is 1. The quantitative estimate of drug-likeness (QED) is 0.603. The lowest BCUT2D eigenvalue weighted by molar-refractivity contribution is 0.0488. The van der Waals surface area contributed by atoms with Gasteiger partial charge in [0.2, 0.25) is 5.78 Å². The number of hydrogen-bond acceptors (Lipinski definition) is 3. The molecule has 0 bridgehead atoms. The minimum Gasteiger partial charge on any atom is -0.382 e. The normalized spacial score (nSPS) is 11.2. The van der Waals surface area contributed by atoms with E-state index >= 15 is 0 Å². The summed E-state index contributed by atoms with van der Waals surface area (Å²) in [7, 11) is 0. The molecule has 0 aliphatic rings. The van der Waals surface area contributed by atoms with Gasteiger partial charge in [0.1, 0.15) is 5.60 Å². The lowest BCUT2D eigenvalue weighted by Gasteiger charge is -2.14. The maximum atomic E-state index is 11.4. The van der Waals surface area contributed by atoms with Gasteiger partial charge in [0.25, 0.3) is 3.79 Å². The molecule has 0 atom stereocenters. The number of Topliss-reactive ketones (excluding diaryl/α,β-unsaturated/α-hetero) is 2. The summed E-state index contributed by atoms with van der Waals surface area (Å²) in [4.78, 5) is 22.7. The van der Waals surface area contributed by atoms with E-state index in [0.29, 0.717) is 11.1 Å². The van der Waals surface area contributed by atoms with E-state index in [9.17, 15) is 14.7 Å². The van der Waals surface area contributed by atoms with Crippen LogP contribution in [0.25, 0.3) is 0 Å². The Balaban J connectivity index is 0.000000240. The van der Waals surface area contributed by atoms with Crippen molar-refractivity contribution in [1.82, 2.24) is 0 Å². The summed E-state index contributed by atoms with van der Waals surface area (Å²) < 4.78 is -1.86. The number of hydrogen-bond donors (Lipinski definition) is 1. The fourth-order valence-electron chi connectivity index (χ4n) is 1.70. The van der Waals surface area contributed by atoms with Gasteiger partial charge in [-0.15, -0.1) is 0 Å². The Morgan fingerprint density at radius 3 is 1.38 bits per heavy atom. The van der Waals surface area contributed by atoms with Gasteiger partial charge < -0.3 is 5.11 Å². The van der Waals surface area contributed by atoms with Crippen LogP contribution in [0.1, 0.15) is 34.6 Å². The predicted octanol–water partition coefficient (Wildman–Crippen LogP) is 4.88. The third-order valence-electron chi connectivity index (χ3n) is 2.89. The topological polar surface area (TPSA) is 54.4 Å². The largest absolute Gasteiger partial charge is 0.382 e. The first-order chi connectivity index (χ1) is 11.0. The highest BCUT2D eigenvalue weighted by Gasteiger charge is 2.31. The van der Waals surface area contributed by atoms with Crippen LogP contribution in [0, 0.1) is 0 Å². The zero-order chi connectivity index (χ0) is 18.4. The first-order valence-corrected chi connectivity index (χ1v) is 8.15. The van der Waals surface area contributed by atoms with Crippen molar-refractivity contribution >= 4 is 46.4 Å². The van der Waals surface area contributed by atoms with E-state index in [-0.39, 0.29) is 5.78 Å². The van der Waals surface area contributed by atoms with Gasteiger partial charge in [-0.3, -0.25) is 9.59 Å². The Morgan fingerprint density at radius 1 is 0.750 bits per heavy atom. The van der Waals surface area contributed by atoms with Crippen molar-refractivity contribution in [2.75, 3.05) is 0 Å². The van der Waals surface area contributed by atoms with Crippen molar-refractivity contribution < 1.29 is 14.7 Å². The molecule has 2 aromatic carbocycles. The Bertz CT molecular complexity index is 611. The summed E-state index contributed by atoms with van der Waals surface area (Å²) in [5, 5.41) is 9.39. The summed E-state index contributed by atoms with van der Waals surface area (Å²) in [6.45, 7) is 2.98. The summed E-state index contributed by atoms with van der Waals surface area (Å²) in [5.74, 6) is -0.754. The summed E-state index contributed by atoms with van der Waals surface area (Å²) >= 11 is 16.2. The van der Waals surface area contributed by atoms with Crippen molar-refractivity contribution in [3.05, 3.63) is 71.8 Å². The van der Waals surface area contributed by atoms with Crippen LogP contribution in [-0.4, -0.2) is 26.1 Å². The van der Waals surface area contributed by atoms with Crippen LogP contribution in [0.15, 0.2) is 60.7 Å². The summed E-state index contributed by atoms with van der Waals surface area (Å²) in [6, 6.07) is 17.2. The second-order valence-electron chi connectivity index (χ2n) is 5.45. The summed E-state index contributed by atoms with van der Waals surface area (Å²) in [6.07, 6.45) is 0. The SMILES string of the molecule is CC(C)(O)C(=O)c1ccccc1.O=C(c1ccccc1)C(Cl)(Cl)Cl. The standard InChI is InChI=1S/C10H12O2.C8H5Cl3O/c1-10(2,12)9(11)8-6-4-3-5-7-8;9-8(10,11)7(12)6-4-2-1-3-5-6/h3-7,12H,1-2H3;1-5H. The molecule has 0 aromatic heterocycles. The van der Waals surface area contributed by atoms with E-state index in [0.717, 1.165) is 0 Å². The van der Waals surface area contributed by atoms with Crippen LogP contribution in [-0.2, 0) is 0 Å². The van der Waals surface area contributed by atoms with E-state index in [4.69, 9.17) is 34.8 Å². The van der Waals surface area contributed by atoms with Gasteiger partial charge in [0.15, 0.2) is 5.78 Å². The fraction of sp³-hybridized carbons (Fsp3) is 0.222. The molecule has 24 heavy (non-hydrogen) atoms. The molecule has 0 saturated carbocycles. The van der Waals surface area contributed by atoms with Gasteiger partial charge in [-0.2, -0.15) is 0 Å². The van der Waals surface area contributed by atoms with E-state index in [1.54, 1.807) is 54.6 Å². The molecular formula is C18H17Cl3O3. The molecule has 0 spiro atoms. The number of halogens is 3. The zero-order valence-corrected chi connectivity index (χ0v) is 15.4. The molecule has 0 radical (unpaired) electrons. The molecule has 6 heteroatoms. The van der Waals surface area contributed by atoms with E-state index in [1.165, 1.54) is 13.8 Å². The molecule has 2 aromatic rings. The van der Waals surface area contributed by atoms with Gasteiger partial charge >= 0.3 is 0 Å². The minimum atomic E-state index is -1.86. The highest BCUT2D eigenvalue weighted by Crippen LogP contribution is 2.30. The van der Waals surface area contributed by atoms with Crippen molar-refractivity contribution in [1.29, 1.82) is 0 Å². The second-order valence-corrected chi connectivity index (χ2v) is 7.73. The van der Waals surface area contributed by atoms with Gasteiger partial charge in [-0.05, 0) is 13.8 Å². The van der Waals surface area contributed by atoms with Crippen molar-refractivity contribution in [3.63, 3.8) is 0 Å². The van der Waals surface area contributed by atoms with Crippen molar-refractivity contribution in [2.45, 2.75) is 23.2 Å². The third kappa shape index (κ3) is 6.62. The van der Waals surface area contributed by atoms with Crippen LogP contribution in [0.4, 0.5) is 0 Å². The molecule has 0 aliphatic carbocycles. The maximum Gasteiger partial charge on any atom is 0.253 e. The molecule has 0 unspecified atom stereocenters. The molecule has 3 nitrogen and oxygen atoms in total. The Morgan fingerprint density at radius 2 is 1.08 bits per heavy atom. The molecule has 0 saturated heterocycles. The molecular weight excluding hydrogens is 371 g/mol. The lowest BCUT2D eigenvalue weighted by Crippen LogP contribution is -2.30. The average molecular weight is 388 g/mol. The number of benzene rings is 2. The molecule has 0 heterocycles. The third-order valence-corrected chi connectivity index (χ3v) is 3.40. The molecule has 0 aliphatic heterocycles. The monoisotopic (exact) mass is 386 g/mol. The van der Waals surface area contributed by atoms with Crippen LogP contribution < -0.4 is 0 Å². The minimum absolute atomic E-state index is 0.247. The molecule has 128 valence electrons. The van der Waals surface area contributed by atoms with Crippen LogP contribution in [0.2, 0.25) is 0 Å². The smallest absolute Gasteiger partial charge is 0.253 e. The maximum absolute atomic E-state index is 11.4. The summed E-state index contributed by atoms with van der Waals surface area (Å²) in [5.41, 5.74) is -0.330. The average Bonchev–Trinajstić information content (AvgIpc) is 2.54. The van der Waals surface area contributed by atoms with Crippen molar-refractivity contribution in [2.24, 2.45) is 0 Å². The van der Waals surface area contributed by atoms with Crippen LogP contribution in [0.5, 0.6) is 0 Å². The number of carbonyl (C=O) groups excluding carboxylic acids is 2. The Kier molecular flexibility index (Phi) is 7.43. The van der Waals surface area contributed by atoms with Crippen LogP contribution in [0.3, 0.4) is 0 Å². The predicted molar refractivity (Wildman–Crippen MR) is 98.1 cm³/mol. The molecule has 2 rings (SSSR count). The fourth-order valence-corrected chi connectivity index (χ4v) is 2.02. The van der Waals surface area contributed by atoms with Gasteiger partial charge in [0, 0.05) is 11.1 Å². The molecule has 1 N–H and O–H groups in total. The first kappa shape index (κ1) is 20.7. The van der Waals surface area contributed by atoms with E-state index in [1.807, 2.05) is 6.07 Å². The zero-order valence-electron chi connectivity index (χ0n) is 13.2. The lowest BCUT2D eigenvalue weighted by atomic mass is 9.97. The van der Waals surface area contributed by atoms with Gasteiger partial charge in [0.05, 0.1) is 0 Å². The van der Waals surface area contributed by atoms with Gasteiger partial charge in [-0.1, -0.05) is 95.5 Å². The van der Waals surface area contributed by atoms with E-state index in [2.05, 4.69) is 0 Å². The Hall–Kier alpha value is -1.39. The first-order valence-electron chi connectivity index (χ1n) is 7.02. The number of ketones is 2.